The van der Waals surface area contributed by atoms with Crippen molar-refractivity contribution in [2.24, 2.45) is 7.05 Å². The topological polar surface area (TPSA) is 72.8 Å². The van der Waals surface area contributed by atoms with Crippen molar-refractivity contribution in [3.05, 3.63) is 83.7 Å². The molecule has 7 nitrogen and oxygen atoms in total. The first-order chi connectivity index (χ1) is 17.5. The van der Waals surface area contributed by atoms with Crippen LogP contribution in [0.25, 0.3) is 10.9 Å². The summed E-state index contributed by atoms with van der Waals surface area (Å²) in [6, 6.07) is 18.2. The first-order valence-corrected chi connectivity index (χ1v) is 12.4. The molecule has 0 spiro atoms. The Kier molecular flexibility index (Phi) is 5.56. The van der Waals surface area contributed by atoms with Crippen LogP contribution in [0.15, 0.2) is 71.8 Å². The van der Waals surface area contributed by atoms with E-state index in [4.69, 9.17) is 9.47 Å². The number of nitrogens with one attached hydrogen (secondary N) is 1. The third-order valence-corrected chi connectivity index (χ3v) is 7.64. The molecule has 2 amide bonds. The van der Waals surface area contributed by atoms with Crippen LogP contribution in [0.3, 0.4) is 0 Å². The molecule has 1 atom stereocenters. The predicted molar refractivity (Wildman–Crippen MR) is 135 cm³/mol. The Bertz CT molecular complexity index is 1500. The standard InChI is InChI=1S/C27H22FN3O4S/c1-30-20-5-3-2-4-19(20)24-25(26(33)29-13-16-6-8-17(28)9-7-16)31(23(32)14-36-27(24)30)18-10-11-21-22(12-18)35-15-34-21/h2-12,25H,13-15H2,1H3,(H,29,33). The quantitative estimate of drug-likeness (QED) is 0.443. The van der Waals surface area contributed by atoms with Gasteiger partial charge >= 0.3 is 0 Å². The second-order valence-electron chi connectivity index (χ2n) is 8.63. The van der Waals surface area contributed by atoms with Gasteiger partial charge < -0.3 is 19.4 Å². The number of aryl methyl sites for hydroxylation is 1. The molecular weight excluding hydrogens is 481 g/mol. The van der Waals surface area contributed by atoms with Crippen molar-refractivity contribution in [2.75, 3.05) is 17.4 Å². The second-order valence-corrected chi connectivity index (χ2v) is 9.60. The van der Waals surface area contributed by atoms with Gasteiger partial charge in [0.1, 0.15) is 11.9 Å². The minimum Gasteiger partial charge on any atom is -0.454 e. The van der Waals surface area contributed by atoms with Crippen LogP contribution in [0.4, 0.5) is 10.1 Å². The van der Waals surface area contributed by atoms with Gasteiger partial charge in [-0.2, -0.15) is 0 Å². The zero-order chi connectivity index (χ0) is 24.8. The van der Waals surface area contributed by atoms with Crippen LogP contribution >= 0.6 is 11.8 Å². The van der Waals surface area contributed by atoms with E-state index in [0.29, 0.717) is 17.2 Å². The first kappa shape index (κ1) is 22.5. The summed E-state index contributed by atoms with van der Waals surface area (Å²) < 4.78 is 26.4. The molecule has 2 aliphatic rings. The van der Waals surface area contributed by atoms with Crippen LogP contribution in [-0.2, 0) is 23.2 Å². The van der Waals surface area contributed by atoms with Crippen LogP contribution in [-0.4, -0.2) is 28.9 Å². The number of halogens is 1. The molecule has 1 unspecified atom stereocenters. The monoisotopic (exact) mass is 503 g/mol. The van der Waals surface area contributed by atoms with Crippen LogP contribution in [0.2, 0.25) is 0 Å². The average Bonchev–Trinajstić information content (AvgIpc) is 3.42. The Morgan fingerprint density at radius 2 is 1.86 bits per heavy atom. The summed E-state index contributed by atoms with van der Waals surface area (Å²) in [5.74, 6) is 0.435. The van der Waals surface area contributed by atoms with Crippen molar-refractivity contribution in [3.8, 4) is 11.5 Å². The molecule has 0 fully saturated rings. The summed E-state index contributed by atoms with van der Waals surface area (Å²) in [5, 5.41) is 4.75. The molecule has 3 aromatic carbocycles. The Morgan fingerprint density at radius 3 is 2.69 bits per heavy atom. The van der Waals surface area contributed by atoms with Crippen LogP contribution < -0.4 is 19.7 Å². The molecule has 6 rings (SSSR count). The van der Waals surface area contributed by atoms with E-state index >= 15 is 0 Å². The number of aromatic nitrogens is 1. The third kappa shape index (κ3) is 3.76. The maximum absolute atomic E-state index is 13.9. The van der Waals surface area contributed by atoms with Gasteiger partial charge in [-0.3, -0.25) is 14.5 Å². The summed E-state index contributed by atoms with van der Waals surface area (Å²) in [7, 11) is 1.95. The number of carbonyl (C=O) groups excluding carboxylic acids is 2. The lowest BCUT2D eigenvalue weighted by molar-refractivity contribution is -0.125. The number of hydrogen-bond acceptors (Lipinski definition) is 5. The molecule has 9 heteroatoms. The smallest absolute Gasteiger partial charge is 0.248 e. The molecule has 0 saturated carbocycles. The SMILES string of the molecule is Cn1c2c(c3ccccc31)C(C(=O)NCc1ccc(F)cc1)N(c1ccc3c(c1)OCO3)C(=O)CS2. The number of nitrogens with zero attached hydrogens (tertiary/aromatic N) is 2. The van der Waals surface area contributed by atoms with Gasteiger partial charge in [0.05, 0.1) is 10.8 Å². The lowest BCUT2D eigenvalue weighted by Crippen LogP contribution is -2.43. The van der Waals surface area contributed by atoms with Gasteiger partial charge in [-0.1, -0.05) is 42.1 Å². The van der Waals surface area contributed by atoms with Crippen molar-refractivity contribution in [1.29, 1.82) is 0 Å². The van der Waals surface area contributed by atoms with Gasteiger partial charge in [0.15, 0.2) is 11.5 Å². The molecule has 0 radical (unpaired) electrons. The Balaban J connectivity index is 1.47. The van der Waals surface area contributed by atoms with Crippen LogP contribution in [0, 0.1) is 5.82 Å². The molecule has 4 aromatic rings. The van der Waals surface area contributed by atoms with Crippen LogP contribution in [0.1, 0.15) is 17.2 Å². The van der Waals surface area contributed by atoms with Gasteiger partial charge in [-0.15, -0.1) is 0 Å². The van der Waals surface area contributed by atoms with E-state index in [1.165, 1.54) is 23.9 Å². The van der Waals surface area contributed by atoms with E-state index in [9.17, 15) is 14.0 Å². The molecule has 1 N–H and O–H groups in total. The first-order valence-electron chi connectivity index (χ1n) is 11.5. The van der Waals surface area contributed by atoms with Gasteiger partial charge in [0, 0.05) is 41.8 Å². The number of carbonyl (C=O) groups is 2. The van der Waals surface area contributed by atoms with E-state index < -0.39 is 6.04 Å². The van der Waals surface area contributed by atoms with Crippen molar-refractivity contribution >= 4 is 40.2 Å². The molecule has 3 heterocycles. The lowest BCUT2D eigenvalue weighted by atomic mass is 10.0. The number of ether oxygens (including phenoxy) is 2. The number of thioether (sulfide) groups is 1. The van der Waals surface area contributed by atoms with E-state index in [0.717, 1.165) is 27.1 Å². The Hall–Kier alpha value is -3.98. The fourth-order valence-electron chi connectivity index (χ4n) is 4.78. The summed E-state index contributed by atoms with van der Waals surface area (Å²) in [5.41, 5.74) is 3.06. The summed E-state index contributed by atoms with van der Waals surface area (Å²) >= 11 is 1.43. The highest BCUT2D eigenvalue weighted by Gasteiger charge is 2.40. The maximum atomic E-state index is 13.9. The Labute approximate surface area is 210 Å². The zero-order valence-electron chi connectivity index (χ0n) is 19.4. The van der Waals surface area contributed by atoms with Gasteiger partial charge in [0.25, 0.3) is 0 Å². The molecule has 36 heavy (non-hydrogen) atoms. The average molecular weight is 504 g/mol. The fraction of sp³-hybridized carbons (Fsp3) is 0.185. The third-order valence-electron chi connectivity index (χ3n) is 6.49. The number of fused-ring (bicyclic) bond motifs is 4. The molecule has 0 bridgehead atoms. The van der Waals surface area contributed by atoms with Gasteiger partial charge in [0.2, 0.25) is 18.6 Å². The molecule has 182 valence electrons. The molecule has 2 aliphatic heterocycles. The van der Waals surface area contributed by atoms with Crippen molar-refractivity contribution in [2.45, 2.75) is 17.6 Å². The van der Waals surface area contributed by atoms with Crippen molar-refractivity contribution in [1.82, 2.24) is 9.88 Å². The van der Waals surface area contributed by atoms with E-state index in [2.05, 4.69) is 5.32 Å². The molecule has 0 aliphatic carbocycles. The molecular formula is C27H22FN3O4S. The van der Waals surface area contributed by atoms with Crippen molar-refractivity contribution in [3.63, 3.8) is 0 Å². The normalized spacial score (nSPS) is 16.7. The van der Waals surface area contributed by atoms with Gasteiger partial charge in [-0.25, -0.2) is 4.39 Å². The number of para-hydroxylation sites is 1. The number of benzene rings is 3. The number of anilines is 1. The summed E-state index contributed by atoms with van der Waals surface area (Å²) in [4.78, 5) is 29.0. The minimum atomic E-state index is -0.922. The highest BCUT2D eigenvalue weighted by molar-refractivity contribution is 8.00. The van der Waals surface area contributed by atoms with E-state index in [1.807, 2.05) is 35.9 Å². The van der Waals surface area contributed by atoms with E-state index in [1.54, 1.807) is 35.2 Å². The van der Waals surface area contributed by atoms with Crippen molar-refractivity contribution < 1.29 is 23.5 Å². The van der Waals surface area contributed by atoms with E-state index in [-0.39, 0.29) is 36.7 Å². The number of amides is 2. The summed E-state index contributed by atoms with van der Waals surface area (Å²) in [6.45, 7) is 0.309. The second kappa shape index (κ2) is 8.91. The summed E-state index contributed by atoms with van der Waals surface area (Å²) in [6.07, 6.45) is 0. The number of hydrogen-bond donors (Lipinski definition) is 1. The molecule has 0 saturated heterocycles. The minimum absolute atomic E-state index is 0.109. The fourth-order valence-corrected chi connectivity index (χ4v) is 5.84. The largest absolute Gasteiger partial charge is 0.454 e. The lowest BCUT2D eigenvalue weighted by Gasteiger charge is -2.30. The highest BCUT2D eigenvalue weighted by Crippen LogP contribution is 2.45. The Morgan fingerprint density at radius 1 is 1.08 bits per heavy atom. The maximum Gasteiger partial charge on any atom is 0.248 e. The number of rotatable bonds is 4. The van der Waals surface area contributed by atoms with Gasteiger partial charge in [-0.05, 0) is 35.9 Å². The zero-order valence-corrected chi connectivity index (χ0v) is 20.2. The molecule has 1 aromatic heterocycles. The predicted octanol–water partition coefficient (Wildman–Crippen LogP) is 4.54. The highest BCUT2D eigenvalue weighted by atomic mass is 32.2. The van der Waals surface area contributed by atoms with Crippen LogP contribution in [0.5, 0.6) is 11.5 Å².